The maximum Gasteiger partial charge on any atom is 0.163 e. The number of benzene rings is 2. The molecular formula is C30H29FN4O. The van der Waals surface area contributed by atoms with Crippen molar-refractivity contribution in [2.45, 2.75) is 52.1 Å². The van der Waals surface area contributed by atoms with Gasteiger partial charge in [-0.15, -0.1) is 0 Å². The lowest BCUT2D eigenvalue weighted by Gasteiger charge is -2.29. The van der Waals surface area contributed by atoms with Crippen molar-refractivity contribution >= 4 is 22.4 Å². The van der Waals surface area contributed by atoms with Crippen molar-refractivity contribution in [2.24, 2.45) is 16.8 Å². The van der Waals surface area contributed by atoms with Crippen molar-refractivity contribution in [2.75, 3.05) is 0 Å². The van der Waals surface area contributed by atoms with Crippen LogP contribution in [0.25, 0.3) is 10.9 Å². The number of carbonyl (C=O) groups is 1. The molecular weight excluding hydrogens is 451 g/mol. The van der Waals surface area contributed by atoms with Crippen molar-refractivity contribution in [3.05, 3.63) is 94.7 Å². The molecule has 3 heterocycles. The average Bonchev–Trinajstić information content (AvgIpc) is 3.49. The summed E-state index contributed by atoms with van der Waals surface area (Å²) in [5.41, 5.74) is 6.50. The second-order valence-corrected chi connectivity index (χ2v) is 10.3. The van der Waals surface area contributed by atoms with Gasteiger partial charge in [0.1, 0.15) is 11.3 Å². The van der Waals surface area contributed by atoms with E-state index in [1.54, 1.807) is 18.5 Å². The lowest BCUT2D eigenvalue weighted by Crippen LogP contribution is -2.22. The van der Waals surface area contributed by atoms with Gasteiger partial charge in [-0.25, -0.2) is 4.39 Å². The molecule has 1 aliphatic heterocycles. The zero-order chi connectivity index (χ0) is 24.6. The number of halogens is 1. The van der Waals surface area contributed by atoms with E-state index in [9.17, 15) is 9.18 Å². The van der Waals surface area contributed by atoms with Crippen molar-refractivity contribution in [1.29, 1.82) is 0 Å². The van der Waals surface area contributed by atoms with E-state index in [1.165, 1.54) is 6.07 Å². The summed E-state index contributed by atoms with van der Waals surface area (Å²) in [5, 5.41) is 5.28. The highest BCUT2D eigenvalue weighted by molar-refractivity contribution is 6.16. The summed E-state index contributed by atoms with van der Waals surface area (Å²) in [4.78, 5) is 22.4. The van der Waals surface area contributed by atoms with E-state index in [2.05, 4.69) is 10.1 Å². The normalized spacial score (nSPS) is 19.3. The molecule has 0 bridgehead atoms. The quantitative estimate of drug-likeness (QED) is 0.304. The van der Waals surface area contributed by atoms with E-state index in [-0.39, 0.29) is 11.6 Å². The maximum atomic E-state index is 14.4. The zero-order valence-electron chi connectivity index (χ0n) is 20.5. The number of nitrogens with zero attached hydrogens (tertiary/aromatic N) is 4. The van der Waals surface area contributed by atoms with Crippen LogP contribution in [0, 0.1) is 24.6 Å². The van der Waals surface area contributed by atoms with E-state index in [0.29, 0.717) is 36.9 Å². The summed E-state index contributed by atoms with van der Waals surface area (Å²) in [5.74, 6) is 0.699. The largest absolute Gasteiger partial charge is 0.294 e. The van der Waals surface area contributed by atoms with Crippen molar-refractivity contribution in [3.8, 4) is 0 Å². The number of Topliss-reactive ketones (excluding diaryl/α,β-unsaturated/α-hetero) is 1. The minimum Gasteiger partial charge on any atom is -0.294 e. The molecule has 0 amide bonds. The van der Waals surface area contributed by atoms with Crippen LogP contribution < -0.4 is 0 Å². The summed E-state index contributed by atoms with van der Waals surface area (Å²) in [7, 11) is 0. The molecule has 0 radical (unpaired) electrons. The molecule has 2 unspecified atom stereocenters. The zero-order valence-corrected chi connectivity index (χ0v) is 20.5. The Morgan fingerprint density at radius 1 is 1.11 bits per heavy atom. The third-order valence-electron chi connectivity index (χ3n) is 7.67. The Morgan fingerprint density at radius 3 is 2.89 bits per heavy atom. The molecule has 6 heteroatoms. The van der Waals surface area contributed by atoms with Crippen LogP contribution in [0.1, 0.15) is 64.8 Å². The Labute approximate surface area is 210 Å². The fourth-order valence-electron chi connectivity index (χ4n) is 5.91. The molecule has 2 aliphatic rings. The van der Waals surface area contributed by atoms with Gasteiger partial charge in [-0.05, 0) is 67.9 Å². The molecule has 4 aromatic rings. The van der Waals surface area contributed by atoms with Gasteiger partial charge in [-0.3, -0.25) is 19.5 Å². The fraction of sp³-hybridized carbons (Fsp3) is 0.333. The van der Waals surface area contributed by atoms with Gasteiger partial charge in [0.25, 0.3) is 0 Å². The van der Waals surface area contributed by atoms with Gasteiger partial charge >= 0.3 is 0 Å². The molecule has 0 N–H and O–H groups in total. The van der Waals surface area contributed by atoms with Crippen LogP contribution in [0.2, 0.25) is 0 Å². The first-order chi connectivity index (χ1) is 17.5. The molecule has 2 atom stereocenters. The minimum absolute atomic E-state index is 0.191. The van der Waals surface area contributed by atoms with Crippen LogP contribution in [0.3, 0.4) is 0 Å². The number of hydrogen-bond acceptors (Lipinski definition) is 4. The molecule has 6 rings (SSSR count). The standard InChI is InChI=1S/C30H29FN4O/c1-19-12-23(10-11-32-19)29-26-15-22(8-9-24(26)16-33-29)28(36)14-20-4-2-5-21(13-20)18-35-30-25(17-34-35)6-3-7-27(30)31/h3,6-12,15,17,20-21H,2,4-5,13-14,16,18H2,1H3. The fourth-order valence-corrected chi connectivity index (χ4v) is 5.91. The third kappa shape index (κ3) is 4.36. The number of carbonyl (C=O) groups excluding carboxylic acids is 1. The van der Waals surface area contributed by atoms with Crippen molar-refractivity contribution in [1.82, 2.24) is 14.8 Å². The summed E-state index contributed by atoms with van der Waals surface area (Å²) in [6.07, 6.45) is 8.29. The van der Waals surface area contributed by atoms with Gasteiger partial charge in [-0.1, -0.05) is 30.7 Å². The number of pyridine rings is 1. The van der Waals surface area contributed by atoms with Gasteiger partial charge in [0, 0.05) is 46.9 Å². The molecule has 2 aromatic carbocycles. The summed E-state index contributed by atoms with van der Waals surface area (Å²) < 4.78 is 16.2. The molecule has 1 saturated carbocycles. The molecule has 2 aromatic heterocycles. The van der Waals surface area contributed by atoms with Gasteiger partial charge < -0.3 is 0 Å². The topological polar surface area (TPSA) is 60.1 Å². The summed E-state index contributed by atoms with van der Waals surface area (Å²) in [6, 6.07) is 15.2. The van der Waals surface area contributed by atoms with Crippen LogP contribution >= 0.6 is 0 Å². The van der Waals surface area contributed by atoms with Crippen LogP contribution in [0.5, 0.6) is 0 Å². The number of aromatic nitrogens is 3. The van der Waals surface area contributed by atoms with Crippen molar-refractivity contribution in [3.63, 3.8) is 0 Å². The van der Waals surface area contributed by atoms with Crippen LogP contribution in [-0.2, 0) is 13.1 Å². The predicted octanol–water partition coefficient (Wildman–Crippen LogP) is 6.31. The lowest BCUT2D eigenvalue weighted by atomic mass is 9.78. The summed E-state index contributed by atoms with van der Waals surface area (Å²) in [6.45, 7) is 3.31. The Hall–Kier alpha value is -3.67. The molecule has 1 fully saturated rings. The second kappa shape index (κ2) is 9.41. The molecule has 5 nitrogen and oxygen atoms in total. The number of ketones is 1. The van der Waals surface area contributed by atoms with E-state index in [0.717, 1.165) is 64.7 Å². The molecule has 182 valence electrons. The first kappa shape index (κ1) is 22.8. The number of para-hydroxylation sites is 1. The first-order valence-electron chi connectivity index (χ1n) is 12.8. The molecule has 0 saturated heterocycles. The van der Waals surface area contributed by atoms with E-state index in [1.807, 2.05) is 48.0 Å². The molecule has 36 heavy (non-hydrogen) atoms. The molecule has 0 spiro atoms. The lowest BCUT2D eigenvalue weighted by molar-refractivity contribution is 0.0936. The SMILES string of the molecule is Cc1cc(C2=NCc3ccc(C(=O)CC4CCCC(Cn5ncc6cccc(F)c65)C4)cc32)ccn1. The van der Waals surface area contributed by atoms with Gasteiger partial charge in [0.15, 0.2) is 5.78 Å². The molecule has 1 aliphatic carbocycles. The van der Waals surface area contributed by atoms with Gasteiger partial charge in [0.2, 0.25) is 0 Å². The maximum absolute atomic E-state index is 14.4. The van der Waals surface area contributed by atoms with Gasteiger partial charge in [-0.2, -0.15) is 5.10 Å². The van der Waals surface area contributed by atoms with E-state index < -0.39 is 0 Å². The number of aliphatic imine (C=N–C) groups is 1. The minimum atomic E-state index is -0.228. The highest BCUT2D eigenvalue weighted by Gasteiger charge is 2.26. The summed E-state index contributed by atoms with van der Waals surface area (Å²) >= 11 is 0. The first-order valence-corrected chi connectivity index (χ1v) is 12.8. The number of rotatable bonds is 6. The monoisotopic (exact) mass is 480 g/mol. The van der Waals surface area contributed by atoms with Crippen LogP contribution in [0.4, 0.5) is 4.39 Å². The van der Waals surface area contributed by atoms with E-state index in [4.69, 9.17) is 4.99 Å². The predicted molar refractivity (Wildman–Crippen MR) is 139 cm³/mol. The number of aryl methyl sites for hydroxylation is 1. The Bertz CT molecular complexity index is 1490. The highest BCUT2D eigenvalue weighted by atomic mass is 19.1. The van der Waals surface area contributed by atoms with E-state index >= 15 is 0 Å². The van der Waals surface area contributed by atoms with Crippen molar-refractivity contribution < 1.29 is 9.18 Å². The average molecular weight is 481 g/mol. The Morgan fingerprint density at radius 2 is 2.00 bits per heavy atom. The Balaban J connectivity index is 1.15. The smallest absolute Gasteiger partial charge is 0.163 e. The van der Waals surface area contributed by atoms with Gasteiger partial charge in [0.05, 0.1) is 18.5 Å². The second-order valence-electron chi connectivity index (χ2n) is 10.3. The number of fused-ring (bicyclic) bond motifs is 2. The number of hydrogen-bond donors (Lipinski definition) is 0. The van der Waals surface area contributed by atoms with Crippen LogP contribution in [-0.4, -0.2) is 26.3 Å². The third-order valence-corrected chi connectivity index (χ3v) is 7.67. The Kier molecular flexibility index (Phi) is 5.96. The van der Waals surface area contributed by atoms with Crippen LogP contribution in [0.15, 0.2) is 65.9 Å². The highest BCUT2D eigenvalue weighted by Crippen LogP contribution is 2.34.